The zero-order valence-electron chi connectivity index (χ0n) is 21.3. The normalized spacial score (nSPS) is 10.5. The first-order chi connectivity index (χ1) is 18.9. The highest BCUT2D eigenvalue weighted by Gasteiger charge is 2.18. The van der Waals surface area contributed by atoms with E-state index in [0.717, 1.165) is 0 Å². The third-order valence-electron chi connectivity index (χ3n) is 5.46. The molecule has 0 atom stereocenters. The molecular formula is C30H26Cl2N2O5. The van der Waals surface area contributed by atoms with Crippen LogP contribution in [0.5, 0.6) is 23.0 Å². The lowest BCUT2D eigenvalue weighted by atomic mass is 10.1. The number of para-hydroxylation sites is 2. The standard InChI is InChI=1S/C30H26Cl2N2O5/c1-3-37-25-11-7-5-9-21(25)29(35)33-23-17-19(31)13-15-27(23)39-28-16-14-20(32)18-24(28)34-30(36)22-10-6-8-12-26(22)38-4-2/h5-18H,3-4H2,1-2H3,(H,33,35)(H,34,36). The number of halogens is 2. The van der Waals surface area contributed by atoms with E-state index in [-0.39, 0.29) is 0 Å². The zero-order chi connectivity index (χ0) is 27.8. The van der Waals surface area contributed by atoms with Gasteiger partial charge in [0.25, 0.3) is 11.8 Å². The Morgan fingerprint density at radius 3 is 1.44 bits per heavy atom. The molecule has 0 aromatic heterocycles. The quantitative estimate of drug-likeness (QED) is 0.203. The third kappa shape index (κ3) is 7.02. The first-order valence-corrected chi connectivity index (χ1v) is 13.0. The Morgan fingerprint density at radius 1 is 0.615 bits per heavy atom. The molecule has 0 heterocycles. The topological polar surface area (TPSA) is 85.9 Å². The summed E-state index contributed by atoms with van der Waals surface area (Å²) in [6.07, 6.45) is 0. The highest BCUT2D eigenvalue weighted by molar-refractivity contribution is 6.31. The minimum Gasteiger partial charge on any atom is -0.493 e. The van der Waals surface area contributed by atoms with Gasteiger partial charge in [-0.3, -0.25) is 9.59 Å². The number of carbonyl (C=O) groups excluding carboxylic acids is 2. The highest BCUT2D eigenvalue weighted by atomic mass is 35.5. The summed E-state index contributed by atoms with van der Waals surface area (Å²) < 4.78 is 17.3. The average Bonchev–Trinajstić information content (AvgIpc) is 2.92. The second-order valence-corrected chi connectivity index (χ2v) is 9.02. The first kappa shape index (κ1) is 27.8. The van der Waals surface area contributed by atoms with E-state index in [0.29, 0.717) is 68.8 Å². The van der Waals surface area contributed by atoms with Crippen molar-refractivity contribution in [1.82, 2.24) is 0 Å². The van der Waals surface area contributed by atoms with Gasteiger partial charge in [0.1, 0.15) is 11.5 Å². The Kier molecular flexibility index (Phi) is 9.31. The van der Waals surface area contributed by atoms with Gasteiger partial charge in [-0.05, 0) is 74.5 Å². The molecular weight excluding hydrogens is 539 g/mol. The van der Waals surface area contributed by atoms with Crippen molar-refractivity contribution >= 4 is 46.4 Å². The second kappa shape index (κ2) is 13.0. The van der Waals surface area contributed by atoms with E-state index in [2.05, 4.69) is 10.6 Å². The maximum absolute atomic E-state index is 13.1. The molecule has 0 unspecified atom stereocenters. The van der Waals surface area contributed by atoms with Gasteiger partial charge in [-0.25, -0.2) is 0 Å². The summed E-state index contributed by atoms with van der Waals surface area (Å²) >= 11 is 12.5. The summed E-state index contributed by atoms with van der Waals surface area (Å²) in [7, 11) is 0. The monoisotopic (exact) mass is 564 g/mol. The summed E-state index contributed by atoms with van der Waals surface area (Å²) in [5, 5.41) is 6.49. The van der Waals surface area contributed by atoms with E-state index in [9.17, 15) is 9.59 Å². The van der Waals surface area contributed by atoms with Crippen molar-refractivity contribution in [3.8, 4) is 23.0 Å². The molecule has 2 amide bonds. The first-order valence-electron chi connectivity index (χ1n) is 12.2. The number of hydrogen-bond donors (Lipinski definition) is 2. The van der Waals surface area contributed by atoms with Crippen LogP contribution < -0.4 is 24.8 Å². The van der Waals surface area contributed by atoms with Crippen LogP contribution >= 0.6 is 23.2 Å². The van der Waals surface area contributed by atoms with E-state index in [1.807, 2.05) is 13.8 Å². The number of benzene rings is 4. The summed E-state index contributed by atoms with van der Waals surface area (Å²) in [5.41, 5.74) is 1.37. The Hall–Kier alpha value is -4.20. The van der Waals surface area contributed by atoms with Gasteiger partial charge in [0.15, 0.2) is 11.5 Å². The lowest BCUT2D eigenvalue weighted by molar-refractivity contribution is 0.101. The van der Waals surface area contributed by atoms with Crippen LogP contribution in [0.4, 0.5) is 11.4 Å². The fourth-order valence-corrected chi connectivity index (χ4v) is 4.09. The molecule has 0 saturated heterocycles. The SMILES string of the molecule is CCOc1ccccc1C(=O)Nc1cc(Cl)ccc1Oc1ccc(Cl)cc1NC(=O)c1ccccc1OCC. The molecule has 0 spiro atoms. The van der Waals surface area contributed by atoms with Crippen LogP contribution in [0.1, 0.15) is 34.6 Å². The van der Waals surface area contributed by atoms with Crippen LogP contribution in [0, 0.1) is 0 Å². The van der Waals surface area contributed by atoms with E-state index in [1.54, 1.807) is 84.9 Å². The van der Waals surface area contributed by atoms with Crippen LogP contribution in [0.2, 0.25) is 10.0 Å². The van der Waals surface area contributed by atoms with Gasteiger partial charge in [0.2, 0.25) is 0 Å². The third-order valence-corrected chi connectivity index (χ3v) is 5.93. The van der Waals surface area contributed by atoms with Crippen molar-refractivity contribution in [1.29, 1.82) is 0 Å². The van der Waals surface area contributed by atoms with Gasteiger partial charge in [0, 0.05) is 10.0 Å². The van der Waals surface area contributed by atoms with Gasteiger partial charge in [-0.1, -0.05) is 47.5 Å². The fourth-order valence-electron chi connectivity index (χ4n) is 3.75. The van der Waals surface area contributed by atoms with Crippen molar-refractivity contribution in [2.75, 3.05) is 23.8 Å². The molecule has 0 aliphatic heterocycles. The van der Waals surface area contributed by atoms with Crippen molar-refractivity contribution in [3.05, 3.63) is 106 Å². The average molecular weight is 565 g/mol. The zero-order valence-corrected chi connectivity index (χ0v) is 22.8. The van der Waals surface area contributed by atoms with Crippen LogP contribution in [0.25, 0.3) is 0 Å². The summed E-state index contributed by atoms with van der Waals surface area (Å²) in [5.74, 6) is 0.712. The van der Waals surface area contributed by atoms with Crippen LogP contribution in [-0.2, 0) is 0 Å². The molecule has 4 aromatic carbocycles. The van der Waals surface area contributed by atoms with Gasteiger partial charge in [-0.15, -0.1) is 0 Å². The highest BCUT2D eigenvalue weighted by Crippen LogP contribution is 2.37. The largest absolute Gasteiger partial charge is 0.493 e. The number of amides is 2. The van der Waals surface area contributed by atoms with Crippen molar-refractivity contribution in [3.63, 3.8) is 0 Å². The fraction of sp³-hybridized carbons (Fsp3) is 0.133. The summed E-state index contributed by atoms with van der Waals surface area (Å²) in [6.45, 7) is 4.51. The molecule has 0 bridgehead atoms. The molecule has 0 radical (unpaired) electrons. The summed E-state index contributed by atoms with van der Waals surface area (Å²) in [6, 6.07) is 23.5. The molecule has 0 aliphatic rings. The van der Waals surface area contributed by atoms with Gasteiger partial charge >= 0.3 is 0 Å². The molecule has 0 fully saturated rings. The molecule has 39 heavy (non-hydrogen) atoms. The Morgan fingerprint density at radius 2 is 1.03 bits per heavy atom. The number of carbonyl (C=O) groups is 2. The molecule has 7 nitrogen and oxygen atoms in total. The van der Waals surface area contributed by atoms with Crippen molar-refractivity contribution < 1.29 is 23.8 Å². The van der Waals surface area contributed by atoms with Gasteiger partial charge in [0.05, 0.1) is 35.7 Å². The molecule has 0 saturated carbocycles. The van der Waals surface area contributed by atoms with Gasteiger partial charge < -0.3 is 24.8 Å². The Labute approximate surface area is 236 Å². The van der Waals surface area contributed by atoms with Crippen LogP contribution in [0.3, 0.4) is 0 Å². The smallest absolute Gasteiger partial charge is 0.259 e. The number of hydrogen-bond acceptors (Lipinski definition) is 5. The Balaban J connectivity index is 1.62. The van der Waals surface area contributed by atoms with Crippen LogP contribution in [0.15, 0.2) is 84.9 Å². The predicted octanol–water partition coefficient (Wildman–Crippen LogP) is 8.09. The predicted molar refractivity (Wildman–Crippen MR) is 154 cm³/mol. The molecule has 4 rings (SSSR count). The minimum absolute atomic E-state index is 0.300. The van der Waals surface area contributed by atoms with E-state index in [4.69, 9.17) is 37.4 Å². The number of nitrogens with one attached hydrogen (secondary N) is 2. The van der Waals surface area contributed by atoms with Gasteiger partial charge in [-0.2, -0.15) is 0 Å². The summed E-state index contributed by atoms with van der Waals surface area (Å²) in [4.78, 5) is 26.3. The number of anilines is 2. The second-order valence-electron chi connectivity index (χ2n) is 8.15. The van der Waals surface area contributed by atoms with E-state index < -0.39 is 11.8 Å². The molecule has 9 heteroatoms. The maximum atomic E-state index is 13.1. The number of rotatable bonds is 10. The molecule has 2 N–H and O–H groups in total. The minimum atomic E-state index is -0.400. The maximum Gasteiger partial charge on any atom is 0.259 e. The lowest BCUT2D eigenvalue weighted by Gasteiger charge is -2.17. The molecule has 4 aromatic rings. The molecule has 0 aliphatic carbocycles. The van der Waals surface area contributed by atoms with E-state index >= 15 is 0 Å². The molecule has 200 valence electrons. The number of ether oxygens (including phenoxy) is 3. The van der Waals surface area contributed by atoms with Crippen molar-refractivity contribution in [2.24, 2.45) is 0 Å². The van der Waals surface area contributed by atoms with Crippen molar-refractivity contribution in [2.45, 2.75) is 13.8 Å². The lowest BCUT2D eigenvalue weighted by Crippen LogP contribution is -2.15. The Bertz CT molecular complexity index is 1380. The van der Waals surface area contributed by atoms with E-state index in [1.165, 1.54) is 0 Å². The van der Waals surface area contributed by atoms with Crippen LogP contribution in [-0.4, -0.2) is 25.0 Å².